The predicted octanol–water partition coefficient (Wildman–Crippen LogP) is 1.41. The van der Waals surface area contributed by atoms with Crippen molar-refractivity contribution in [2.75, 3.05) is 12.9 Å². The minimum absolute atomic E-state index is 0.0356. The third kappa shape index (κ3) is 3.66. The van der Waals surface area contributed by atoms with Crippen LogP contribution in [0.25, 0.3) is 0 Å². The monoisotopic (exact) mass is 242 g/mol. The number of carbonyl (C=O) groups excluding carboxylic acids is 1. The second-order valence-corrected chi connectivity index (χ2v) is 5.42. The Morgan fingerprint density at radius 2 is 1.88 bits per heavy atom. The Morgan fingerprint density at radius 3 is 2.44 bits per heavy atom. The summed E-state index contributed by atoms with van der Waals surface area (Å²) in [6, 6.07) is 8.20. The van der Waals surface area contributed by atoms with Crippen LogP contribution in [0, 0.1) is 0 Å². The zero-order valence-electron chi connectivity index (χ0n) is 9.05. The SMILES string of the molecule is COC(=O)CCCS(=O)(=O)c1ccccc1. The molecule has 0 unspecified atom stereocenters. The summed E-state index contributed by atoms with van der Waals surface area (Å²) in [7, 11) is -1.99. The first kappa shape index (κ1) is 12.7. The number of hydrogen-bond acceptors (Lipinski definition) is 4. The highest BCUT2D eigenvalue weighted by Crippen LogP contribution is 2.11. The Labute approximate surface area is 95.2 Å². The van der Waals surface area contributed by atoms with Gasteiger partial charge in [0.15, 0.2) is 9.84 Å². The van der Waals surface area contributed by atoms with E-state index in [-0.39, 0.29) is 24.6 Å². The van der Waals surface area contributed by atoms with E-state index in [2.05, 4.69) is 4.74 Å². The Morgan fingerprint density at radius 1 is 1.25 bits per heavy atom. The minimum atomic E-state index is -3.27. The first-order valence-corrected chi connectivity index (χ1v) is 6.56. The van der Waals surface area contributed by atoms with Crippen molar-refractivity contribution in [3.63, 3.8) is 0 Å². The van der Waals surface area contributed by atoms with E-state index in [1.54, 1.807) is 30.3 Å². The van der Waals surface area contributed by atoms with Crippen LogP contribution in [0.4, 0.5) is 0 Å². The topological polar surface area (TPSA) is 60.4 Å². The van der Waals surface area contributed by atoms with Crippen LogP contribution in [0.3, 0.4) is 0 Å². The molecule has 0 bridgehead atoms. The molecule has 5 heteroatoms. The summed E-state index contributed by atoms with van der Waals surface area (Å²) in [6.45, 7) is 0. The van der Waals surface area contributed by atoms with Crippen LogP contribution in [-0.2, 0) is 19.4 Å². The van der Waals surface area contributed by atoms with E-state index in [1.807, 2.05) is 0 Å². The molecule has 4 nitrogen and oxygen atoms in total. The van der Waals surface area contributed by atoms with Crippen molar-refractivity contribution in [1.29, 1.82) is 0 Å². The Bertz CT molecular complexity index is 436. The van der Waals surface area contributed by atoms with Crippen LogP contribution in [0.1, 0.15) is 12.8 Å². The summed E-state index contributed by atoms with van der Waals surface area (Å²) in [5.41, 5.74) is 0. The van der Waals surface area contributed by atoms with Gasteiger partial charge in [-0.2, -0.15) is 0 Å². The van der Waals surface area contributed by atoms with E-state index in [1.165, 1.54) is 7.11 Å². The van der Waals surface area contributed by atoms with Gasteiger partial charge in [0.25, 0.3) is 0 Å². The van der Waals surface area contributed by atoms with Crippen LogP contribution in [-0.4, -0.2) is 27.2 Å². The fourth-order valence-electron chi connectivity index (χ4n) is 1.25. The van der Waals surface area contributed by atoms with Gasteiger partial charge in [-0.1, -0.05) is 18.2 Å². The van der Waals surface area contributed by atoms with Crippen molar-refractivity contribution < 1.29 is 17.9 Å². The highest BCUT2D eigenvalue weighted by atomic mass is 32.2. The third-order valence-corrected chi connectivity index (χ3v) is 3.94. The van der Waals surface area contributed by atoms with Gasteiger partial charge in [-0.25, -0.2) is 8.42 Å². The van der Waals surface area contributed by atoms with E-state index in [0.29, 0.717) is 4.90 Å². The van der Waals surface area contributed by atoms with Gasteiger partial charge in [0.05, 0.1) is 17.8 Å². The molecule has 0 atom stereocenters. The average molecular weight is 242 g/mol. The van der Waals surface area contributed by atoms with Crippen LogP contribution in [0.5, 0.6) is 0 Å². The molecule has 0 amide bonds. The molecular weight excluding hydrogens is 228 g/mol. The van der Waals surface area contributed by atoms with Crippen LogP contribution >= 0.6 is 0 Å². The van der Waals surface area contributed by atoms with Gasteiger partial charge in [0.2, 0.25) is 0 Å². The maximum atomic E-state index is 11.7. The summed E-state index contributed by atoms with van der Waals surface area (Å²) in [5.74, 6) is -0.421. The van der Waals surface area contributed by atoms with Gasteiger partial charge < -0.3 is 4.74 Å². The third-order valence-electron chi connectivity index (χ3n) is 2.12. The molecule has 0 N–H and O–H groups in total. The predicted molar refractivity (Wildman–Crippen MR) is 59.7 cm³/mol. The molecule has 0 aliphatic carbocycles. The van der Waals surface area contributed by atoms with E-state index in [4.69, 9.17) is 0 Å². The maximum Gasteiger partial charge on any atom is 0.305 e. The minimum Gasteiger partial charge on any atom is -0.469 e. The fraction of sp³-hybridized carbons (Fsp3) is 0.364. The molecule has 0 saturated heterocycles. The number of benzene rings is 1. The molecule has 16 heavy (non-hydrogen) atoms. The Kier molecular flexibility index (Phi) is 4.49. The molecule has 88 valence electrons. The van der Waals surface area contributed by atoms with Gasteiger partial charge in [-0.15, -0.1) is 0 Å². The molecule has 0 aliphatic rings. The van der Waals surface area contributed by atoms with Gasteiger partial charge in [-0.05, 0) is 18.6 Å². The molecule has 1 aromatic carbocycles. The molecule has 0 heterocycles. The molecule has 0 saturated carbocycles. The summed E-state index contributed by atoms with van der Waals surface area (Å²) in [4.78, 5) is 11.1. The lowest BCUT2D eigenvalue weighted by atomic mass is 10.3. The average Bonchev–Trinajstić information content (AvgIpc) is 2.30. The zero-order chi connectivity index (χ0) is 12.0. The van der Waals surface area contributed by atoms with Crippen molar-refractivity contribution >= 4 is 15.8 Å². The molecular formula is C11H14O4S. The van der Waals surface area contributed by atoms with E-state index < -0.39 is 9.84 Å². The summed E-state index contributed by atoms with van der Waals surface area (Å²) in [6.07, 6.45) is 0.409. The lowest BCUT2D eigenvalue weighted by Crippen LogP contribution is -2.09. The second kappa shape index (κ2) is 5.65. The van der Waals surface area contributed by atoms with Crippen molar-refractivity contribution in [2.45, 2.75) is 17.7 Å². The molecule has 0 radical (unpaired) electrons. The van der Waals surface area contributed by atoms with Gasteiger partial charge in [0.1, 0.15) is 0 Å². The van der Waals surface area contributed by atoms with E-state index in [0.717, 1.165) is 0 Å². The number of esters is 1. The lowest BCUT2D eigenvalue weighted by molar-refractivity contribution is -0.140. The van der Waals surface area contributed by atoms with Crippen LogP contribution in [0.15, 0.2) is 35.2 Å². The molecule has 0 fully saturated rings. The zero-order valence-corrected chi connectivity index (χ0v) is 9.87. The smallest absolute Gasteiger partial charge is 0.305 e. The normalized spacial score (nSPS) is 11.1. The second-order valence-electron chi connectivity index (χ2n) is 3.31. The standard InChI is InChI=1S/C11H14O4S/c1-15-11(12)8-5-9-16(13,14)10-6-3-2-4-7-10/h2-4,6-7H,5,8-9H2,1H3. The van der Waals surface area contributed by atoms with Crippen molar-refractivity contribution in [3.8, 4) is 0 Å². The highest BCUT2D eigenvalue weighted by molar-refractivity contribution is 7.91. The first-order chi connectivity index (χ1) is 7.56. The summed E-state index contributed by atoms with van der Waals surface area (Å²) >= 11 is 0. The number of sulfone groups is 1. The number of rotatable bonds is 5. The summed E-state index contributed by atoms with van der Waals surface area (Å²) in [5, 5.41) is 0. The van der Waals surface area contributed by atoms with Crippen molar-refractivity contribution in [3.05, 3.63) is 30.3 Å². The van der Waals surface area contributed by atoms with Gasteiger partial charge >= 0.3 is 5.97 Å². The Balaban J connectivity index is 2.57. The number of ether oxygens (including phenoxy) is 1. The number of carbonyl (C=O) groups is 1. The first-order valence-electron chi connectivity index (χ1n) is 4.91. The maximum absolute atomic E-state index is 11.7. The largest absolute Gasteiger partial charge is 0.469 e. The highest BCUT2D eigenvalue weighted by Gasteiger charge is 2.14. The number of hydrogen-bond donors (Lipinski definition) is 0. The number of methoxy groups -OCH3 is 1. The summed E-state index contributed by atoms with van der Waals surface area (Å²) < 4.78 is 27.9. The van der Waals surface area contributed by atoms with Gasteiger partial charge in [0, 0.05) is 6.42 Å². The Hall–Kier alpha value is -1.36. The molecule has 1 rings (SSSR count). The van der Waals surface area contributed by atoms with Gasteiger partial charge in [-0.3, -0.25) is 4.79 Å². The van der Waals surface area contributed by atoms with E-state index >= 15 is 0 Å². The molecule has 0 aliphatic heterocycles. The van der Waals surface area contributed by atoms with Crippen LogP contribution in [0.2, 0.25) is 0 Å². The quantitative estimate of drug-likeness (QED) is 0.732. The van der Waals surface area contributed by atoms with E-state index in [9.17, 15) is 13.2 Å². The molecule has 1 aromatic rings. The van der Waals surface area contributed by atoms with Crippen molar-refractivity contribution in [1.82, 2.24) is 0 Å². The van der Waals surface area contributed by atoms with Crippen LogP contribution < -0.4 is 0 Å². The molecule has 0 aromatic heterocycles. The molecule has 0 spiro atoms. The lowest BCUT2D eigenvalue weighted by Gasteiger charge is -2.03. The fourth-order valence-corrected chi connectivity index (χ4v) is 2.59. The van der Waals surface area contributed by atoms with Crippen molar-refractivity contribution in [2.24, 2.45) is 0 Å².